The molecule has 0 spiro atoms. The smallest absolute Gasteiger partial charge is 0.0372 e. The number of aryl methyl sites for hydroxylation is 1. The Morgan fingerprint density at radius 2 is 2.31 bits per heavy atom. The van der Waals surface area contributed by atoms with Gasteiger partial charge in [0.2, 0.25) is 0 Å². The van der Waals surface area contributed by atoms with Crippen molar-refractivity contribution < 1.29 is 0 Å². The second-order valence-corrected chi connectivity index (χ2v) is 3.33. The average molecular weight is 179 g/mol. The molecule has 1 aromatic rings. The number of nitrogens with two attached hydrogens (primary N) is 1. The molecule has 0 amide bonds. The lowest BCUT2D eigenvalue weighted by Crippen LogP contribution is -2.32. The van der Waals surface area contributed by atoms with Crippen molar-refractivity contribution in [3.05, 3.63) is 29.6 Å². The van der Waals surface area contributed by atoms with Crippen LogP contribution in [0.3, 0.4) is 0 Å². The Labute approximate surface area is 79.4 Å². The van der Waals surface area contributed by atoms with Gasteiger partial charge >= 0.3 is 0 Å². The van der Waals surface area contributed by atoms with E-state index in [0.29, 0.717) is 12.6 Å². The van der Waals surface area contributed by atoms with Crippen LogP contribution in [0.25, 0.3) is 0 Å². The molecule has 72 valence electrons. The molecule has 1 atom stereocenters. The van der Waals surface area contributed by atoms with Crippen LogP contribution in [0.4, 0.5) is 0 Å². The van der Waals surface area contributed by atoms with Crippen molar-refractivity contribution in [3.63, 3.8) is 0 Å². The molecular formula is C10H17N3. The number of pyridine rings is 1. The van der Waals surface area contributed by atoms with Crippen LogP contribution >= 0.6 is 0 Å². The highest BCUT2D eigenvalue weighted by molar-refractivity contribution is 5.12. The van der Waals surface area contributed by atoms with Crippen molar-refractivity contribution in [2.45, 2.75) is 26.4 Å². The lowest BCUT2D eigenvalue weighted by Gasteiger charge is -2.10. The molecule has 1 rings (SSSR count). The number of rotatable bonds is 4. The Balaban J connectivity index is 2.41. The number of nitrogens with zero attached hydrogens (tertiary/aromatic N) is 1. The first-order valence-electron chi connectivity index (χ1n) is 4.57. The quantitative estimate of drug-likeness (QED) is 0.719. The van der Waals surface area contributed by atoms with Crippen molar-refractivity contribution in [2.24, 2.45) is 5.73 Å². The Hall–Kier alpha value is -0.930. The lowest BCUT2D eigenvalue weighted by atomic mass is 10.2. The van der Waals surface area contributed by atoms with Crippen molar-refractivity contribution in [1.29, 1.82) is 0 Å². The first kappa shape index (κ1) is 10.2. The average Bonchev–Trinajstić information content (AvgIpc) is 2.16. The van der Waals surface area contributed by atoms with Crippen LogP contribution in [-0.2, 0) is 6.54 Å². The minimum absolute atomic E-state index is 0.362. The van der Waals surface area contributed by atoms with Crippen molar-refractivity contribution in [1.82, 2.24) is 10.3 Å². The number of nitrogens with one attached hydrogen (secondary N) is 1. The fourth-order valence-electron chi connectivity index (χ4n) is 0.978. The molecule has 0 saturated carbocycles. The van der Waals surface area contributed by atoms with Gasteiger partial charge in [0.05, 0.1) is 0 Å². The summed E-state index contributed by atoms with van der Waals surface area (Å²) in [6, 6.07) is 4.46. The van der Waals surface area contributed by atoms with E-state index in [1.54, 1.807) is 0 Å². The summed E-state index contributed by atoms with van der Waals surface area (Å²) in [5.74, 6) is 0. The summed E-state index contributed by atoms with van der Waals surface area (Å²) in [4.78, 5) is 4.21. The summed E-state index contributed by atoms with van der Waals surface area (Å²) in [5, 5.41) is 3.30. The summed E-state index contributed by atoms with van der Waals surface area (Å²) in [6.45, 7) is 5.56. The molecule has 1 aromatic heterocycles. The predicted molar refractivity (Wildman–Crippen MR) is 54.3 cm³/mol. The molecule has 0 aliphatic heterocycles. The number of hydrogen-bond acceptors (Lipinski definition) is 3. The van der Waals surface area contributed by atoms with Gasteiger partial charge in [0.1, 0.15) is 0 Å². The molecule has 0 saturated heterocycles. The zero-order chi connectivity index (χ0) is 9.68. The van der Waals surface area contributed by atoms with Crippen molar-refractivity contribution in [2.75, 3.05) is 6.54 Å². The number of aromatic nitrogens is 1. The van der Waals surface area contributed by atoms with Crippen LogP contribution in [0.15, 0.2) is 18.3 Å². The third-order valence-corrected chi connectivity index (χ3v) is 1.98. The molecule has 0 fully saturated rings. The van der Waals surface area contributed by atoms with Crippen LogP contribution in [0.1, 0.15) is 18.2 Å². The highest BCUT2D eigenvalue weighted by atomic mass is 14.9. The van der Waals surface area contributed by atoms with Crippen LogP contribution in [0, 0.1) is 6.92 Å². The molecule has 3 nitrogen and oxygen atoms in total. The largest absolute Gasteiger partial charge is 0.329 e. The monoisotopic (exact) mass is 179 g/mol. The minimum atomic E-state index is 0.362. The standard InChI is InChI=1S/C10H17N3/c1-8-3-4-10(6-12-8)7-13-9(2)5-11/h3-4,6,9,13H,5,7,11H2,1-2H3/t9-/m0/s1. The Morgan fingerprint density at radius 1 is 1.54 bits per heavy atom. The van der Waals surface area contributed by atoms with E-state index in [1.807, 2.05) is 19.2 Å². The molecule has 0 aliphatic carbocycles. The maximum absolute atomic E-state index is 5.48. The minimum Gasteiger partial charge on any atom is -0.329 e. The fraction of sp³-hybridized carbons (Fsp3) is 0.500. The van der Waals surface area contributed by atoms with E-state index in [9.17, 15) is 0 Å². The maximum Gasteiger partial charge on any atom is 0.0372 e. The van der Waals surface area contributed by atoms with Crippen LogP contribution in [0.2, 0.25) is 0 Å². The number of hydrogen-bond donors (Lipinski definition) is 2. The highest BCUT2D eigenvalue weighted by Crippen LogP contribution is 1.98. The molecule has 0 aliphatic rings. The van der Waals surface area contributed by atoms with Crippen LogP contribution in [0.5, 0.6) is 0 Å². The summed E-state index contributed by atoms with van der Waals surface area (Å²) in [7, 11) is 0. The highest BCUT2D eigenvalue weighted by Gasteiger charge is 1.97. The van der Waals surface area contributed by atoms with E-state index >= 15 is 0 Å². The van der Waals surface area contributed by atoms with Crippen molar-refractivity contribution >= 4 is 0 Å². The normalized spacial score (nSPS) is 12.8. The molecule has 3 N–H and O–H groups in total. The molecule has 0 radical (unpaired) electrons. The van der Waals surface area contributed by atoms with Gasteiger partial charge in [-0.1, -0.05) is 6.07 Å². The lowest BCUT2D eigenvalue weighted by molar-refractivity contribution is 0.555. The molecule has 13 heavy (non-hydrogen) atoms. The zero-order valence-corrected chi connectivity index (χ0v) is 8.25. The van der Waals surface area contributed by atoms with Gasteiger partial charge in [-0.15, -0.1) is 0 Å². The summed E-state index contributed by atoms with van der Waals surface area (Å²) in [5.41, 5.74) is 7.73. The van der Waals surface area contributed by atoms with E-state index < -0.39 is 0 Å². The van der Waals surface area contributed by atoms with Gasteiger partial charge in [0.15, 0.2) is 0 Å². The second kappa shape index (κ2) is 4.94. The maximum atomic E-state index is 5.48. The molecule has 0 unspecified atom stereocenters. The van der Waals surface area contributed by atoms with Gasteiger partial charge in [-0.05, 0) is 25.5 Å². The van der Waals surface area contributed by atoms with Gasteiger partial charge < -0.3 is 11.1 Å². The Bertz CT molecular complexity index is 243. The molecule has 1 heterocycles. The van der Waals surface area contributed by atoms with Crippen LogP contribution in [-0.4, -0.2) is 17.6 Å². The topological polar surface area (TPSA) is 50.9 Å². The van der Waals surface area contributed by atoms with Gasteiger partial charge in [-0.25, -0.2) is 0 Å². The first-order chi connectivity index (χ1) is 6.22. The van der Waals surface area contributed by atoms with E-state index in [4.69, 9.17) is 5.73 Å². The second-order valence-electron chi connectivity index (χ2n) is 3.33. The Kier molecular flexibility index (Phi) is 3.86. The SMILES string of the molecule is Cc1ccc(CN[C@@H](C)CN)cn1. The fourth-order valence-corrected chi connectivity index (χ4v) is 0.978. The van der Waals surface area contributed by atoms with Gasteiger partial charge in [0, 0.05) is 31.0 Å². The van der Waals surface area contributed by atoms with Gasteiger partial charge in [0.25, 0.3) is 0 Å². The molecular weight excluding hydrogens is 162 g/mol. The Morgan fingerprint density at radius 3 is 2.85 bits per heavy atom. The molecule has 0 aromatic carbocycles. The van der Waals surface area contributed by atoms with E-state index in [2.05, 4.69) is 23.3 Å². The van der Waals surface area contributed by atoms with E-state index in [0.717, 1.165) is 12.2 Å². The summed E-state index contributed by atoms with van der Waals surface area (Å²) in [6.07, 6.45) is 1.89. The van der Waals surface area contributed by atoms with Gasteiger partial charge in [-0.2, -0.15) is 0 Å². The molecule has 3 heteroatoms. The third kappa shape index (κ3) is 3.53. The van der Waals surface area contributed by atoms with Gasteiger partial charge in [-0.3, -0.25) is 4.98 Å². The summed E-state index contributed by atoms with van der Waals surface area (Å²) >= 11 is 0. The third-order valence-electron chi connectivity index (χ3n) is 1.98. The summed E-state index contributed by atoms with van der Waals surface area (Å²) < 4.78 is 0. The van der Waals surface area contributed by atoms with E-state index in [-0.39, 0.29) is 0 Å². The zero-order valence-electron chi connectivity index (χ0n) is 8.25. The predicted octanol–water partition coefficient (Wildman–Crippen LogP) is 0.827. The molecule has 0 bridgehead atoms. The van der Waals surface area contributed by atoms with Crippen LogP contribution < -0.4 is 11.1 Å². The van der Waals surface area contributed by atoms with Crippen molar-refractivity contribution in [3.8, 4) is 0 Å². The first-order valence-corrected chi connectivity index (χ1v) is 4.57. The van der Waals surface area contributed by atoms with E-state index in [1.165, 1.54) is 5.56 Å².